The van der Waals surface area contributed by atoms with Crippen molar-refractivity contribution in [1.29, 1.82) is 0 Å². The van der Waals surface area contributed by atoms with Crippen LogP contribution in [0.15, 0.2) is 36.4 Å². The average Bonchev–Trinajstić information content (AvgIpc) is 2.85. The lowest BCUT2D eigenvalue weighted by Gasteiger charge is -2.13. The second-order valence-corrected chi connectivity index (χ2v) is 6.42. The Morgan fingerprint density at radius 1 is 1.11 bits per heavy atom. The molecule has 0 fully saturated rings. The molecule has 2 rings (SSSR count). The Labute approximate surface area is 119 Å². The molecule has 1 aromatic carbocycles. The lowest BCUT2D eigenvalue weighted by molar-refractivity contribution is 0.225. The van der Waals surface area contributed by atoms with Crippen molar-refractivity contribution < 1.29 is 5.11 Å². The van der Waals surface area contributed by atoms with E-state index in [4.69, 9.17) is 0 Å². The van der Waals surface area contributed by atoms with Gasteiger partial charge in [0.2, 0.25) is 0 Å². The second-order valence-electron chi connectivity index (χ2n) is 5.17. The fraction of sp³-hybridized carbons (Fsp3) is 0.412. The predicted molar refractivity (Wildman–Crippen MR) is 82.9 cm³/mol. The van der Waals surface area contributed by atoms with Gasteiger partial charge in [-0.2, -0.15) is 0 Å². The van der Waals surface area contributed by atoms with Gasteiger partial charge >= 0.3 is 0 Å². The van der Waals surface area contributed by atoms with Gasteiger partial charge in [-0.05, 0) is 49.8 Å². The van der Waals surface area contributed by atoms with Crippen molar-refractivity contribution >= 4 is 11.3 Å². The highest BCUT2D eigenvalue weighted by Crippen LogP contribution is 2.22. The van der Waals surface area contributed by atoms with Crippen LogP contribution in [0.4, 0.5) is 0 Å². The number of aliphatic hydroxyl groups excluding tert-OH is 1. The summed E-state index contributed by atoms with van der Waals surface area (Å²) in [4.78, 5) is 2.82. The third-order valence-electron chi connectivity index (χ3n) is 3.42. The minimum Gasteiger partial charge on any atom is -0.396 e. The molecule has 1 atom stereocenters. The molecule has 1 heterocycles. The van der Waals surface area contributed by atoms with Gasteiger partial charge in [0, 0.05) is 16.4 Å². The SMILES string of the molecule is CCc1ccc(CC(CO)Cc2cccc(C)c2)s1. The van der Waals surface area contributed by atoms with Crippen LogP contribution in [0, 0.1) is 12.8 Å². The average molecular weight is 274 g/mol. The molecule has 19 heavy (non-hydrogen) atoms. The fourth-order valence-corrected chi connectivity index (χ4v) is 3.45. The standard InChI is InChI=1S/C17H22OS/c1-3-16-7-8-17(19-16)11-15(12-18)10-14-6-4-5-13(2)9-14/h4-9,15,18H,3,10-12H2,1-2H3. The number of benzene rings is 1. The largest absolute Gasteiger partial charge is 0.396 e. The first-order valence-electron chi connectivity index (χ1n) is 6.95. The van der Waals surface area contributed by atoms with Crippen molar-refractivity contribution in [2.75, 3.05) is 6.61 Å². The molecule has 1 aromatic heterocycles. The Morgan fingerprint density at radius 3 is 2.53 bits per heavy atom. The van der Waals surface area contributed by atoms with Gasteiger partial charge in [-0.3, -0.25) is 0 Å². The molecule has 0 spiro atoms. The molecule has 2 heteroatoms. The molecule has 0 radical (unpaired) electrons. The summed E-state index contributed by atoms with van der Waals surface area (Å²) in [5, 5.41) is 9.59. The summed E-state index contributed by atoms with van der Waals surface area (Å²) in [7, 11) is 0. The van der Waals surface area contributed by atoms with E-state index in [0.29, 0.717) is 5.92 Å². The molecule has 0 bridgehead atoms. The molecular formula is C17H22OS. The quantitative estimate of drug-likeness (QED) is 0.843. The van der Waals surface area contributed by atoms with E-state index in [-0.39, 0.29) is 6.61 Å². The summed E-state index contributed by atoms with van der Waals surface area (Å²) >= 11 is 1.88. The van der Waals surface area contributed by atoms with Crippen LogP contribution in [-0.2, 0) is 19.3 Å². The highest BCUT2D eigenvalue weighted by Gasteiger charge is 2.11. The van der Waals surface area contributed by atoms with Crippen LogP contribution < -0.4 is 0 Å². The van der Waals surface area contributed by atoms with Crippen molar-refractivity contribution in [2.24, 2.45) is 5.92 Å². The first kappa shape index (κ1) is 14.3. The van der Waals surface area contributed by atoms with Crippen LogP contribution in [0.25, 0.3) is 0 Å². The highest BCUT2D eigenvalue weighted by molar-refractivity contribution is 7.11. The third-order valence-corrected chi connectivity index (χ3v) is 4.67. The van der Waals surface area contributed by atoms with E-state index in [1.807, 2.05) is 11.3 Å². The van der Waals surface area contributed by atoms with Gasteiger partial charge in [0.1, 0.15) is 0 Å². The maximum Gasteiger partial charge on any atom is 0.0465 e. The van der Waals surface area contributed by atoms with Gasteiger partial charge in [-0.25, -0.2) is 0 Å². The zero-order valence-electron chi connectivity index (χ0n) is 11.7. The number of hydrogen-bond acceptors (Lipinski definition) is 2. The minimum absolute atomic E-state index is 0.257. The van der Waals surface area contributed by atoms with E-state index >= 15 is 0 Å². The number of hydrogen-bond donors (Lipinski definition) is 1. The van der Waals surface area contributed by atoms with Crippen LogP contribution in [0.2, 0.25) is 0 Å². The van der Waals surface area contributed by atoms with E-state index in [1.54, 1.807) is 0 Å². The smallest absolute Gasteiger partial charge is 0.0465 e. The van der Waals surface area contributed by atoms with E-state index in [9.17, 15) is 5.11 Å². The van der Waals surface area contributed by atoms with Gasteiger partial charge in [0.15, 0.2) is 0 Å². The van der Waals surface area contributed by atoms with E-state index < -0.39 is 0 Å². The zero-order chi connectivity index (χ0) is 13.7. The molecule has 102 valence electrons. The van der Waals surface area contributed by atoms with Gasteiger partial charge in [0.05, 0.1) is 0 Å². The Bertz CT molecular complexity index is 515. The summed E-state index contributed by atoms with van der Waals surface area (Å²) < 4.78 is 0. The molecular weight excluding hydrogens is 252 g/mol. The molecule has 0 aliphatic carbocycles. The fourth-order valence-electron chi connectivity index (χ4n) is 2.38. The van der Waals surface area contributed by atoms with E-state index in [0.717, 1.165) is 19.3 Å². The first-order chi connectivity index (χ1) is 9.21. The molecule has 0 aliphatic rings. The summed E-state index contributed by atoms with van der Waals surface area (Å²) in [6.07, 6.45) is 3.04. The monoisotopic (exact) mass is 274 g/mol. The Kier molecular flexibility index (Phi) is 5.17. The summed E-state index contributed by atoms with van der Waals surface area (Å²) in [6, 6.07) is 13.0. The van der Waals surface area contributed by atoms with Gasteiger partial charge < -0.3 is 5.11 Å². The van der Waals surface area contributed by atoms with E-state index in [2.05, 4.69) is 50.2 Å². The van der Waals surface area contributed by atoms with Gasteiger partial charge in [-0.15, -0.1) is 11.3 Å². The zero-order valence-corrected chi connectivity index (χ0v) is 12.5. The number of thiophene rings is 1. The highest BCUT2D eigenvalue weighted by atomic mass is 32.1. The van der Waals surface area contributed by atoms with Crippen molar-refractivity contribution in [3.63, 3.8) is 0 Å². The maximum atomic E-state index is 9.59. The lowest BCUT2D eigenvalue weighted by atomic mass is 9.95. The predicted octanol–water partition coefficient (Wildman–Crippen LogP) is 4.01. The Hall–Kier alpha value is -1.12. The van der Waals surface area contributed by atoms with Crippen LogP contribution in [0.3, 0.4) is 0 Å². The van der Waals surface area contributed by atoms with Crippen LogP contribution in [0.1, 0.15) is 27.8 Å². The number of rotatable bonds is 6. The normalized spacial score (nSPS) is 12.6. The summed E-state index contributed by atoms with van der Waals surface area (Å²) in [6.45, 7) is 4.56. The van der Waals surface area contributed by atoms with Crippen molar-refractivity contribution in [2.45, 2.75) is 33.1 Å². The topological polar surface area (TPSA) is 20.2 Å². The van der Waals surface area contributed by atoms with Crippen LogP contribution in [0.5, 0.6) is 0 Å². The molecule has 0 saturated carbocycles. The maximum absolute atomic E-state index is 9.59. The molecule has 1 nitrogen and oxygen atoms in total. The summed E-state index contributed by atoms with van der Waals surface area (Å²) in [5.41, 5.74) is 2.62. The molecule has 1 N–H and O–H groups in total. The van der Waals surface area contributed by atoms with Crippen molar-refractivity contribution in [1.82, 2.24) is 0 Å². The first-order valence-corrected chi connectivity index (χ1v) is 7.77. The molecule has 0 amide bonds. The number of aliphatic hydroxyl groups is 1. The Morgan fingerprint density at radius 2 is 1.89 bits per heavy atom. The van der Waals surface area contributed by atoms with Gasteiger partial charge in [-0.1, -0.05) is 36.8 Å². The molecule has 2 aromatic rings. The Balaban J connectivity index is 2.00. The summed E-state index contributed by atoms with van der Waals surface area (Å²) in [5.74, 6) is 0.324. The molecule has 0 saturated heterocycles. The van der Waals surface area contributed by atoms with Crippen molar-refractivity contribution in [3.05, 3.63) is 57.3 Å². The van der Waals surface area contributed by atoms with E-state index in [1.165, 1.54) is 20.9 Å². The number of aryl methyl sites for hydroxylation is 2. The second kappa shape index (κ2) is 6.88. The minimum atomic E-state index is 0.257. The van der Waals surface area contributed by atoms with Crippen LogP contribution in [-0.4, -0.2) is 11.7 Å². The lowest BCUT2D eigenvalue weighted by Crippen LogP contribution is -2.12. The molecule has 0 aliphatic heterocycles. The van der Waals surface area contributed by atoms with Gasteiger partial charge in [0.25, 0.3) is 0 Å². The van der Waals surface area contributed by atoms with Crippen molar-refractivity contribution in [3.8, 4) is 0 Å². The molecule has 1 unspecified atom stereocenters. The third kappa shape index (κ3) is 4.19. The van der Waals surface area contributed by atoms with Crippen LogP contribution >= 0.6 is 11.3 Å².